The van der Waals surface area contributed by atoms with E-state index < -0.39 is 5.91 Å². The molecule has 2 amide bonds. The van der Waals surface area contributed by atoms with Crippen molar-refractivity contribution in [2.45, 2.75) is 18.9 Å². The zero-order chi connectivity index (χ0) is 25.2. The molecular weight excluding hydrogens is 456 g/mol. The SMILES string of the molecule is COc1cccc(-c2cc(C(N)=O)c3[nH]c4cc(C(=O)NC5CCN(CCO)CC5)ccc4c3c2)c1. The van der Waals surface area contributed by atoms with Gasteiger partial charge in [-0.3, -0.25) is 9.59 Å². The van der Waals surface area contributed by atoms with Crippen molar-refractivity contribution in [1.29, 1.82) is 0 Å². The van der Waals surface area contributed by atoms with E-state index in [1.165, 1.54) is 0 Å². The van der Waals surface area contributed by atoms with Crippen molar-refractivity contribution in [3.8, 4) is 16.9 Å². The molecule has 5 rings (SSSR count). The molecule has 1 fully saturated rings. The third kappa shape index (κ3) is 4.65. The molecule has 5 N–H and O–H groups in total. The first-order valence-corrected chi connectivity index (χ1v) is 12.1. The summed E-state index contributed by atoms with van der Waals surface area (Å²) >= 11 is 0. The number of nitrogens with two attached hydrogens (primary N) is 1. The highest BCUT2D eigenvalue weighted by atomic mass is 16.5. The summed E-state index contributed by atoms with van der Waals surface area (Å²) in [5.74, 6) is 0.0760. The van der Waals surface area contributed by atoms with E-state index in [-0.39, 0.29) is 18.6 Å². The zero-order valence-corrected chi connectivity index (χ0v) is 20.2. The number of aromatic amines is 1. The molecule has 0 saturated carbocycles. The number of rotatable bonds is 7. The van der Waals surface area contributed by atoms with Gasteiger partial charge in [0.15, 0.2) is 0 Å². The first kappa shape index (κ1) is 23.8. The maximum atomic E-state index is 13.0. The molecule has 1 saturated heterocycles. The minimum Gasteiger partial charge on any atom is -0.497 e. The number of fused-ring (bicyclic) bond motifs is 3. The summed E-state index contributed by atoms with van der Waals surface area (Å²) < 4.78 is 5.35. The van der Waals surface area contributed by atoms with E-state index in [1.807, 2.05) is 48.5 Å². The van der Waals surface area contributed by atoms with Crippen molar-refractivity contribution < 1.29 is 19.4 Å². The number of nitrogens with one attached hydrogen (secondary N) is 2. The van der Waals surface area contributed by atoms with Crippen molar-refractivity contribution in [1.82, 2.24) is 15.2 Å². The van der Waals surface area contributed by atoms with Gasteiger partial charge in [0.1, 0.15) is 5.75 Å². The molecule has 36 heavy (non-hydrogen) atoms. The summed E-state index contributed by atoms with van der Waals surface area (Å²) in [6.45, 7) is 2.54. The molecule has 1 aliphatic heterocycles. The Morgan fingerprint density at radius 3 is 2.61 bits per heavy atom. The second-order valence-corrected chi connectivity index (χ2v) is 9.24. The molecule has 0 aliphatic carbocycles. The van der Waals surface area contributed by atoms with E-state index in [1.54, 1.807) is 13.2 Å². The summed E-state index contributed by atoms with van der Waals surface area (Å²) in [5.41, 5.74) is 9.88. The van der Waals surface area contributed by atoms with Gasteiger partial charge in [0.05, 0.1) is 24.8 Å². The number of hydrogen-bond acceptors (Lipinski definition) is 5. The van der Waals surface area contributed by atoms with Gasteiger partial charge in [-0.1, -0.05) is 18.2 Å². The predicted octanol–water partition coefficient (Wildman–Crippen LogP) is 3.28. The van der Waals surface area contributed by atoms with Crippen LogP contribution in [0, 0.1) is 0 Å². The van der Waals surface area contributed by atoms with Crippen LogP contribution in [-0.2, 0) is 0 Å². The topological polar surface area (TPSA) is 121 Å². The largest absolute Gasteiger partial charge is 0.497 e. The van der Waals surface area contributed by atoms with Crippen molar-refractivity contribution in [3.05, 3.63) is 65.7 Å². The van der Waals surface area contributed by atoms with E-state index in [0.29, 0.717) is 23.2 Å². The van der Waals surface area contributed by atoms with Gasteiger partial charge in [0.2, 0.25) is 0 Å². The fourth-order valence-corrected chi connectivity index (χ4v) is 5.02. The van der Waals surface area contributed by atoms with Crippen LogP contribution in [0.15, 0.2) is 54.6 Å². The summed E-state index contributed by atoms with van der Waals surface area (Å²) in [4.78, 5) is 30.9. The summed E-state index contributed by atoms with van der Waals surface area (Å²) in [7, 11) is 1.62. The van der Waals surface area contributed by atoms with Gasteiger partial charge in [0.25, 0.3) is 11.8 Å². The molecule has 1 aromatic heterocycles. The molecule has 1 aliphatic rings. The summed E-state index contributed by atoms with van der Waals surface area (Å²) in [6, 6.07) is 17.1. The Hall–Kier alpha value is -3.88. The second kappa shape index (κ2) is 10.0. The van der Waals surface area contributed by atoms with E-state index >= 15 is 0 Å². The number of carbonyl (C=O) groups is 2. The lowest BCUT2D eigenvalue weighted by atomic mass is 9.98. The van der Waals surface area contributed by atoms with Gasteiger partial charge in [-0.15, -0.1) is 0 Å². The number of piperidine rings is 1. The van der Waals surface area contributed by atoms with Crippen LogP contribution in [0.3, 0.4) is 0 Å². The Kier molecular flexibility index (Phi) is 6.63. The number of amides is 2. The lowest BCUT2D eigenvalue weighted by Gasteiger charge is -2.31. The standard InChI is InChI=1S/C28H30N4O4/c1-36-21-4-2-3-17(13-21)19-14-23-22-6-5-18(16-25(22)31-26(23)24(15-19)27(29)34)28(35)30-20-7-9-32(10-8-20)11-12-33/h2-6,13-16,20,31,33H,7-12H2,1H3,(H2,29,34)(H,30,35). The first-order chi connectivity index (χ1) is 17.5. The molecule has 3 aromatic carbocycles. The van der Waals surface area contributed by atoms with Gasteiger partial charge in [-0.2, -0.15) is 0 Å². The first-order valence-electron chi connectivity index (χ1n) is 12.1. The molecule has 0 bridgehead atoms. The molecule has 2 heterocycles. The summed E-state index contributed by atoms with van der Waals surface area (Å²) in [5, 5.41) is 14.0. The number of aromatic nitrogens is 1. The zero-order valence-electron chi connectivity index (χ0n) is 20.2. The normalized spacial score (nSPS) is 14.8. The van der Waals surface area contributed by atoms with Gasteiger partial charge < -0.3 is 30.8 Å². The van der Waals surface area contributed by atoms with Crippen LogP contribution in [0.1, 0.15) is 33.6 Å². The van der Waals surface area contributed by atoms with Crippen molar-refractivity contribution in [2.24, 2.45) is 5.73 Å². The summed E-state index contributed by atoms with van der Waals surface area (Å²) in [6.07, 6.45) is 1.71. The Bertz CT molecular complexity index is 1440. The Morgan fingerprint density at radius 2 is 1.89 bits per heavy atom. The van der Waals surface area contributed by atoms with Gasteiger partial charge in [-0.05, 0) is 60.4 Å². The Morgan fingerprint density at radius 1 is 1.08 bits per heavy atom. The van der Waals surface area contributed by atoms with Gasteiger partial charge >= 0.3 is 0 Å². The lowest BCUT2D eigenvalue weighted by Crippen LogP contribution is -2.45. The maximum Gasteiger partial charge on any atom is 0.251 e. The van der Waals surface area contributed by atoms with E-state index in [0.717, 1.165) is 59.1 Å². The minimum atomic E-state index is -0.526. The molecule has 4 aromatic rings. The Balaban J connectivity index is 1.47. The number of benzene rings is 3. The van der Waals surface area contributed by atoms with Crippen LogP contribution in [0.25, 0.3) is 32.9 Å². The molecule has 8 nitrogen and oxygen atoms in total. The number of methoxy groups -OCH3 is 1. The molecule has 0 radical (unpaired) electrons. The van der Waals surface area contributed by atoms with Crippen LogP contribution in [0.5, 0.6) is 5.75 Å². The van der Waals surface area contributed by atoms with Gasteiger partial charge in [-0.25, -0.2) is 0 Å². The molecule has 0 spiro atoms. The number of ether oxygens (including phenoxy) is 1. The number of aliphatic hydroxyl groups excluding tert-OH is 1. The van der Waals surface area contributed by atoms with Crippen molar-refractivity contribution in [2.75, 3.05) is 33.4 Å². The highest BCUT2D eigenvalue weighted by Crippen LogP contribution is 2.34. The third-order valence-electron chi connectivity index (χ3n) is 6.98. The number of carbonyl (C=O) groups excluding carboxylic acids is 2. The van der Waals surface area contributed by atoms with Crippen LogP contribution in [0.2, 0.25) is 0 Å². The van der Waals surface area contributed by atoms with E-state index in [4.69, 9.17) is 15.6 Å². The van der Waals surface area contributed by atoms with Gasteiger partial charge in [0, 0.05) is 47.5 Å². The number of nitrogens with zero attached hydrogens (tertiary/aromatic N) is 1. The molecule has 0 atom stereocenters. The lowest BCUT2D eigenvalue weighted by molar-refractivity contribution is 0.0902. The number of aliphatic hydroxyl groups is 1. The highest BCUT2D eigenvalue weighted by molar-refractivity contribution is 6.17. The highest BCUT2D eigenvalue weighted by Gasteiger charge is 2.21. The fourth-order valence-electron chi connectivity index (χ4n) is 5.02. The number of hydrogen-bond donors (Lipinski definition) is 4. The Labute approximate surface area is 209 Å². The fraction of sp³-hybridized carbons (Fsp3) is 0.286. The van der Waals surface area contributed by atoms with E-state index in [2.05, 4.69) is 15.2 Å². The molecular formula is C28H30N4O4. The molecule has 0 unspecified atom stereocenters. The van der Waals surface area contributed by atoms with Crippen LogP contribution >= 0.6 is 0 Å². The average Bonchev–Trinajstić information content (AvgIpc) is 3.27. The minimum absolute atomic E-state index is 0.109. The number of H-pyrrole nitrogens is 1. The maximum absolute atomic E-state index is 13.0. The number of likely N-dealkylation sites (tertiary alicyclic amines) is 1. The number of primary amides is 1. The monoisotopic (exact) mass is 486 g/mol. The second-order valence-electron chi connectivity index (χ2n) is 9.24. The smallest absolute Gasteiger partial charge is 0.251 e. The number of β-amino-alcohol motifs (C(OH)–C–C–N with tert-alkyl or cyclic N) is 1. The van der Waals surface area contributed by atoms with Crippen LogP contribution in [-0.4, -0.2) is 66.2 Å². The molecule has 186 valence electrons. The molecule has 8 heteroatoms. The quantitative estimate of drug-likeness (QED) is 0.320. The van der Waals surface area contributed by atoms with Crippen molar-refractivity contribution >= 4 is 33.6 Å². The van der Waals surface area contributed by atoms with Crippen LogP contribution in [0.4, 0.5) is 0 Å². The van der Waals surface area contributed by atoms with E-state index in [9.17, 15) is 9.59 Å². The average molecular weight is 487 g/mol. The predicted molar refractivity (Wildman–Crippen MR) is 140 cm³/mol. The van der Waals surface area contributed by atoms with Crippen molar-refractivity contribution in [3.63, 3.8) is 0 Å². The third-order valence-corrected chi connectivity index (χ3v) is 6.98. The van der Waals surface area contributed by atoms with Crippen LogP contribution < -0.4 is 15.8 Å².